The van der Waals surface area contributed by atoms with Crippen LogP contribution in [-0.4, -0.2) is 198 Å². The van der Waals surface area contributed by atoms with Crippen molar-refractivity contribution in [2.24, 2.45) is 52.3 Å². The number of nitrogens with one attached hydrogen (secondary N) is 3. The van der Waals surface area contributed by atoms with Crippen LogP contribution in [-0.2, 0) is 116 Å². The molecule has 6 aliphatic heterocycles. The molecule has 6 amide bonds. The van der Waals surface area contributed by atoms with Gasteiger partial charge in [0.2, 0.25) is 35.4 Å². The molecule has 9 aliphatic rings. The smallest absolute Gasteiger partial charge is 0.408 e. The van der Waals surface area contributed by atoms with E-state index in [4.69, 9.17) is 42.6 Å². The van der Waals surface area contributed by atoms with Crippen molar-refractivity contribution in [1.82, 2.24) is 45.6 Å². The Balaban J connectivity index is 0.000000210. The van der Waals surface area contributed by atoms with Gasteiger partial charge in [-0.2, -0.15) is 0 Å². The average Bonchev–Trinajstić information content (AvgIpc) is 1.45. The molecule has 0 spiro atoms. The molecule has 3 saturated heterocycles. The fourth-order valence-corrected chi connectivity index (χ4v) is 21.1. The molecule has 9 heterocycles. The number of fused-ring (bicyclic) bond motifs is 15. The molecule has 6 aromatic rings. The molecule has 3 aliphatic carbocycles. The van der Waals surface area contributed by atoms with Crippen LogP contribution in [0.2, 0.25) is 0 Å². The van der Waals surface area contributed by atoms with E-state index in [1.807, 2.05) is 88.1 Å². The van der Waals surface area contributed by atoms with Gasteiger partial charge in [0.25, 0.3) is 17.8 Å². The van der Waals surface area contributed by atoms with Crippen molar-refractivity contribution >= 4 is 87.6 Å². The van der Waals surface area contributed by atoms with Gasteiger partial charge in [-0.05, 0) is 198 Å². The maximum atomic E-state index is 16.3. The van der Waals surface area contributed by atoms with Crippen LogP contribution in [0, 0.1) is 73.0 Å². The molecule has 36 heteroatoms. The first-order valence-corrected chi connectivity index (χ1v) is 47.5. The number of hydrogen-bond donors (Lipinski definition) is 3. The normalized spacial score (nSPS) is 29.1. The summed E-state index contributed by atoms with van der Waals surface area (Å²) in [4.78, 5) is 136. The summed E-state index contributed by atoms with van der Waals surface area (Å²) in [6.07, 6.45) is 8.83. The van der Waals surface area contributed by atoms with Crippen LogP contribution in [0.5, 0.6) is 34.9 Å². The maximum Gasteiger partial charge on any atom is 0.408 e. The van der Waals surface area contributed by atoms with Gasteiger partial charge in [0.15, 0.2) is 0 Å². The summed E-state index contributed by atoms with van der Waals surface area (Å²) in [7, 11) is 4.55. The van der Waals surface area contributed by atoms with Gasteiger partial charge in [-0.1, -0.05) is 133 Å². The number of halogens is 6. The van der Waals surface area contributed by atoms with Gasteiger partial charge < -0.3 is 87.7 Å². The molecule has 3 saturated carbocycles. The molecule has 6 bridgehead atoms. The van der Waals surface area contributed by atoms with Gasteiger partial charge >= 0.3 is 18.3 Å². The Morgan fingerprint density at radius 3 is 1.15 bits per heavy atom. The van der Waals surface area contributed by atoms with E-state index < -0.39 is 162 Å². The zero-order valence-electron chi connectivity index (χ0n) is 81.5. The fraction of sp³-hybridized carbons (Fsp3) is 0.644. The van der Waals surface area contributed by atoms with E-state index in [9.17, 15) is 43.2 Å². The quantitative estimate of drug-likeness (QED) is 0.0651. The van der Waals surface area contributed by atoms with Crippen molar-refractivity contribution in [3.05, 3.63) is 88.0 Å². The van der Waals surface area contributed by atoms with Crippen molar-refractivity contribution in [1.29, 1.82) is 0 Å². The summed E-state index contributed by atoms with van der Waals surface area (Å²) < 4.78 is 150. The predicted octanol–water partition coefficient (Wildman–Crippen LogP) is 18.3. The van der Waals surface area contributed by atoms with E-state index in [1.54, 1.807) is 89.2 Å². The number of aryl methyl sites for hydroxylation is 3. The van der Waals surface area contributed by atoms with E-state index in [0.29, 0.717) is 144 Å². The van der Waals surface area contributed by atoms with Crippen LogP contribution in [0.15, 0.2) is 54.6 Å². The summed E-state index contributed by atoms with van der Waals surface area (Å²) in [6, 6.07) is 9.32. The minimum atomic E-state index is -3.27. The molecule has 747 valence electrons. The predicted molar refractivity (Wildman–Crippen MR) is 488 cm³/mol. The first kappa shape index (κ1) is 110. The van der Waals surface area contributed by atoms with Gasteiger partial charge in [0, 0.05) is 115 Å². The third kappa shape index (κ3) is 24.0. The maximum absolute atomic E-state index is 16.3. The zero-order valence-corrected chi connectivity index (χ0v) is 85.7. The molecule has 0 unspecified atom stereocenters. The molecule has 3 radical (unpaired) electrons. The van der Waals surface area contributed by atoms with E-state index in [1.165, 1.54) is 36.0 Å². The summed E-state index contributed by atoms with van der Waals surface area (Å²) in [5, 5.41) is 9.97. The van der Waals surface area contributed by atoms with Gasteiger partial charge in [-0.15, -0.1) is 0 Å². The van der Waals surface area contributed by atoms with Crippen molar-refractivity contribution in [2.75, 3.05) is 41.0 Å². The number of ether oxygens (including phenoxy) is 9. The minimum Gasteiger partial charge on any atom is -0.540 e. The molecule has 27 nitrogen and oxygen atoms in total. The van der Waals surface area contributed by atoms with E-state index in [2.05, 4.69) is 30.9 Å². The number of aromatic nitrogens is 3. The Labute approximate surface area is 834 Å². The van der Waals surface area contributed by atoms with E-state index >= 15 is 26.3 Å². The number of carbonyl (C=O) groups is 6. The van der Waals surface area contributed by atoms with Crippen LogP contribution in [0.3, 0.4) is 0 Å². The molecular formula is C101H130F6N9O18V3-3. The molecule has 3 N–H and O–H groups in total. The zero-order chi connectivity index (χ0) is 97.3. The Morgan fingerprint density at radius 2 is 0.796 bits per heavy atom. The van der Waals surface area contributed by atoms with E-state index in [0.717, 1.165) is 12.8 Å². The largest absolute Gasteiger partial charge is 0.540 e. The molecule has 3 aromatic heterocycles. The van der Waals surface area contributed by atoms with Crippen LogP contribution in [0.1, 0.15) is 245 Å². The summed E-state index contributed by atoms with van der Waals surface area (Å²) in [6.45, 7) is 26.6. The second-order valence-corrected chi connectivity index (χ2v) is 40.5. The second-order valence-electron chi connectivity index (χ2n) is 40.5. The second kappa shape index (κ2) is 45.0. The van der Waals surface area contributed by atoms with Gasteiger partial charge in [-0.25, -0.2) is 74.5 Å². The number of nitrogens with zero attached hydrogens (tertiary/aromatic N) is 6. The van der Waals surface area contributed by atoms with Gasteiger partial charge in [-0.3, -0.25) is 14.4 Å². The number of benzene rings is 3. The molecule has 3 aromatic carbocycles. The Hall–Kier alpha value is -8.75. The number of methoxy groups -OCH3 is 3. The van der Waals surface area contributed by atoms with Crippen molar-refractivity contribution < 1.29 is 168 Å². The SMILES string of the molecule is CC[C@@H]1[C@@H]2CN(C(=O)[C@H](C(C)(C)C)NC(=O)O[C@@H]3C[C@H]3CCCCC(F)(F)c3c(nc4cc(OC)ccc4c3C)O2)[C@@H]1[C-]=O.CC[C@@H]1[C@@H]2CN(C(=O)[C@H](C(C)(C)C)NC(=O)O[C@]3(C)C[C@H]3CCCCC(F)(F)c3c(nc4cc(OC)ccc4c3C)O2)[C@@H]1[C-]=O.CC[C@@H]1[C@@H]2CN(C(=O)[C@H](C(C)C)NC(=O)O[C@@H]3CCC[C@H]3CCCCC(F)(F)c3c(nc4cc(OC)ccc4c3C)O2)[C@@H]1[C-]=O.[V].[V].[V]. The van der Waals surface area contributed by atoms with Crippen molar-refractivity contribution in [2.45, 2.75) is 322 Å². The van der Waals surface area contributed by atoms with Crippen LogP contribution >= 0.6 is 0 Å². The molecule has 18 atom stereocenters. The molecule has 6 fully saturated rings. The number of alkyl carbamates (subject to hydrolysis) is 3. The van der Waals surface area contributed by atoms with Gasteiger partial charge in [0.1, 0.15) is 71.5 Å². The summed E-state index contributed by atoms with van der Waals surface area (Å²) in [5.74, 6) is -12.0. The van der Waals surface area contributed by atoms with Crippen LogP contribution < -0.4 is 44.4 Å². The molecule has 15 rings (SSSR count). The number of alkyl halides is 6. The van der Waals surface area contributed by atoms with Crippen molar-refractivity contribution in [3.8, 4) is 34.9 Å². The topological polar surface area (TPSA) is 321 Å². The Kier molecular flexibility index (Phi) is 36.2. The monoisotopic (exact) mass is 2020 g/mol. The third-order valence-electron chi connectivity index (χ3n) is 29.1. The van der Waals surface area contributed by atoms with Crippen LogP contribution in [0.25, 0.3) is 32.7 Å². The average molecular weight is 2030 g/mol. The standard InChI is InChI=1S/2C34H44F2N3O6.C33H42F2N3O6.3V/c1-8-22-25(18-40)39-17-26(22)44-29-27(19(2)23-13-12-21(43-7)15-24(23)37-29)34(35,36)14-10-9-11-20-16-33(20,6)45-31(42)38-28(30(39)41)32(3,4)5;1-6-23-26(18-40)39-17-28(23)44-31-29(20(4)24-14-13-22(43-5)16-25(24)37-31)34(35,36)15-8-7-10-21-11-9-12-27(21)45-33(42)38-30(19(2)3)32(39)41;1-7-21-24(17-39)38-16-26(21)43-29-27(18(2)22-12-11-20(42-6)15-23(22)36-29)33(34,35)13-9-8-10-19-14-25(19)44-31(41)37-28(30(38)40)32(3,4)5;;;/h12-13,15,20,22,25-26,28H,8-11,14,16-17H2,1-7H3,(H,38,42);13-14,16,19,21,23,26-28,30H,6-12,15,17H2,1-5H3,(H,38,42);11-12,15,19,21,24-26,28H,7-10,13-14,16H2,1-6H3,(H,37,41);;;/q3*-1;;;/t20-,22+,25-,26+,28-,33-;21-,23+,26-,27-,28+,30+;19-,21+,24-,25-,26+,28-;;;/m111.../s1. The Bertz CT molecular complexity index is 5360. The fourth-order valence-electron chi connectivity index (χ4n) is 21.1. The van der Waals surface area contributed by atoms with Gasteiger partial charge in [0.05, 0.1) is 74.2 Å². The molecular weight excluding hydrogens is 1890 g/mol. The minimum absolute atomic E-state index is 0. The first-order valence-electron chi connectivity index (χ1n) is 47.5. The number of pyridine rings is 3. The van der Waals surface area contributed by atoms with Crippen LogP contribution in [0.4, 0.5) is 40.7 Å². The van der Waals surface area contributed by atoms with Crippen molar-refractivity contribution in [3.63, 3.8) is 0 Å². The number of rotatable bonds is 10. The number of amides is 6. The van der Waals surface area contributed by atoms with E-state index in [-0.39, 0.29) is 165 Å². The number of carbonyl (C=O) groups excluding carboxylic acids is 9. The third-order valence-corrected chi connectivity index (χ3v) is 29.1. The summed E-state index contributed by atoms with van der Waals surface area (Å²) >= 11 is 0. The summed E-state index contributed by atoms with van der Waals surface area (Å²) in [5.41, 5.74) is -0.643. The number of hydrogen-bond acceptors (Lipinski definition) is 21. The first-order chi connectivity index (χ1) is 63.4. The molecule has 137 heavy (non-hydrogen) atoms. The Morgan fingerprint density at radius 1 is 0.453 bits per heavy atom.